The number of hydrogen-bond acceptors (Lipinski definition) is 5. The molecule has 0 N–H and O–H groups in total. The van der Waals surface area contributed by atoms with Crippen LogP contribution >= 0.6 is 22.6 Å². The summed E-state index contributed by atoms with van der Waals surface area (Å²) in [5, 5.41) is 15.1. The lowest BCUT2D eigenvalue weighted by molar-refractivity contribution is 0.414. The standard InChI is InChI=1S/C9H7IN4O/c1-15-8-3-6(2-7(10)4-8)9-13-11-5-12-14-9/h2-5H,1H3. The molecule has 0 saturated carbocycles. The van der Waals surface area contributed by atoms with Gasteiger partial charge in [-0.3, -0.25) is 0 Å². The summed E-state index contributed by atoms with van der Waals surface area (Å²) >= 11 is 2.20. The molecule has 0 bridgehead atoms. The molecule has 2 rings (SSSR count). The van der Waals surface area contributed by atoms with Crippen molar-refractivity contribution in [3.8, 4) is 17.1 Å². The van der Waals surface area contributed by atoms with Gasteiger partial charge in [-0.15, -0.1) is 20.4 Å². The van der Waals surface area contributed by atoms with Crippen LogP contribution in [-0.4, -0.2) is 27.5 Å². The smallest absolute Gasteiger partial charge is 0.203 e. The summed E-state index contributed by atoms with van der Waals surface area (Å²) in [6, 6.07) is 5.72. The van der Waals surface area contributed by atoms with E-state index in [-0.39, 0.29) is 0 Å². The molecule has 0 aliphatic rings. The molecule has 1 heterocycles. The van der Waals surface area contributed by atoms with Gasteiger partial charge in [0.1, 0.15) is 5.75 Å². The molecular formula is C9H7IN4O. The molecule has 5 nitrogen and oxygen atoms in total. The summed E-state index contributed by atoms with van der Waals surface area (Å²) in [5.41, 5.74) is 0.847. The van der Waals surface area contributed by atoms with Gasteiger partial charge in [0.2, 0.25) is 5.82 Å². The van der Waals surface area contributed by atoms with Gasteiger partial charge in [-0.1, -0.05) is 0 Å². The molecule has 76 valence electrons. The number of hydrogen-bond donors (Lipinski definition) is 0. The van der Waals surface area contributed by atoms with Crippen molar-refractivity contribution in [1.82, 2.24) is 20.4 Å². The van der Waals surface area contributed by atoms with Crippen LogP contribution in [0.4, 0.5) is 0 Å². The molecule has 1 aromatic heterocycles. The van der Waals surface area contributed by atoms with E-state index in [0.29, 0.717) is 5.82 Å². The maximum absolute atomic E-state index is 5.16. The Morgan fingerprint density at radius 1 is 1.13 bits per heavy atom. The summed E-state index contributed by atoms with van der Waals surface area (Å²) < 4.78 is 6.21. The van der Waals surface area contributed by atoms with E-state index in [2.05, 4.69) is 43.0 Å². The minimum Gasteiger partial charge on any atom is -0.497 e. The third-order valence-electron chi connectivity index (χ3n) is 1.77. The fourth-order valence-electron chi connectivity index (χ4n) is 1.13. The molecular weight excluding hydrogens is 307 g/mol. The van der Waals surface area contributed by atoms with Crippen molar-refractivity contribution in [3.05, 3.63) is 28.1 Å². The topological polar surface area (TPSA) is 60.8 Å². The lowest BCUT2D eigenvalue weighted by Gasteiger charge is -2.03. The maximum atomic E-state index is 5.16. The van der Waals surface area contributed by atoms with Gasteiger partial charge in [-0.2, -0.15) is 0 Å². The highest BCUT2D eigenvalue weighted by Gasteiger charge is 2.05. The predicted molar refractivity (Wildman–Crippen MR) is 62.3 cm³/mol. The molecule has 6 heteroatoms. The number of aromatic nitrogens is 4. The molecule has 0 atom stereocenters. The van der Waals surface area contributed by atoms with Crippen LogP contribution in [0.1, 0.15) is 0 Å². The Balaban J connectivity index is 2.49. The fourth-order valence-corrected chi connectivity index (χ4v) is 1.77. The molecule has 0 unspecified atom stereocenters. The third-order valence-corrected chi connectivity index (χ3v) is 2.40. The first-order valence-electron chi connectivity index (χ1n) is 4.15. The summed E-state index contributed by atoms with van der Waals surface area (Å²) in [6.45, 7) is 0. The quantitative estimate of drug-likeness (QED) is 0.787. The van der Waals surface area contributed by atoms with Crippen LogP contribution in [0, 0.1) is 3.57 Å². The van der Waals surface area contributed by atoms with Crippen LogP contribution in [-0.2, 0) is 0 Å². The van der Waals surface area contributed by atoms with E-state index in [1.165, 1.54) is 6.33 Å². The van der Waals surface area contributed by atoms with Crippen molar-refractivity contribution in [1.29, 1.82) is 0 Å². The molecule has 0 aliphatic heterocycles. The van der Waals surface area contributed by atoms with E-state index < -0.39 is 0 Å². The molecule has 0 radical (unpaired) electrons. The Labute approximate surface area is 100 Å². The Morgan fingerprint density at radius 2 is 1.87 bits per heavy atom. The zero-order chi connectivity index (χ0) is 10.7. The van der Waals surface area contributed by atoms with E-state index in [1.807, 2.05) is 18.2 Å². The van der Waals surface area contributed by atoms with Crippen molar-refractivity contribution in [2.45, 2.75) is 0 Å². The second-order valence-corrected chi connectivity index (χ2v) is 4.00. The number of halogens is 1. The van der Waals surface area contributed by atoms with E-state index in [1.54, 1.807) is 7.11 Å². The summed E-state index contributed by atoms with van der Waals surface area (Å²) in [4.78, 5) is 0. The predicted octanol–water partition coefficient (Wildman–Crippen LogP) is 1.55. The van der Waals surface area contributed by atoms with E-state index >= 15 is 0 Å². The van der Waals surface area contributed by atoms with Crippen molar-refractivity contribution in [2.75, 3.05) is 7.11 Å². The molecule has 2 aromatic rings. The van der Waals surface area contributed by atoms with Crippen LogP contribution in [0.3, 0.4) is 0 Å². The number of benzene rings is 1. The highest BCUT2D eigenvalue weighted by atomic mass is 127. The second kappa shape index (κ2) is 4.47. The van der Waals surface area contributed by atoms with Crippen molar-refractivity contribution < 1.29 is 4.74 Å². The van der Waals surface area contributed by atoms with Crippen LogP contribution in [0.5, 0.6) is 5.75 Å². The van der Waals surface area contributed by atoms with E-state index in [4.69, 9.17) is 4.74 Å². The van der Waals surface area contributed by atoms with Gasteiger partial charge in [0.15, 0.2) is 6.33 Å². The van der Waals surface area contributed by atoms with Crippen molar-refractivity contribution in [2.24, 2.45) is 0 Å². The Bertz CT molecular complexity index is 463. The Hall–Kier alpha value is -1.31. The van der Waals surface area contributed by atoms with Gasteiger partial charge in [0, 0.05) is 9.13 Å². The molecule has 0 saturated heterocycles. The first kappa shape index (κ1) is 10.2. The highest BCUT2D eigenvalue weighted by molar-refractivity contribution is 14.1. The monoisotopic (exact) mass is 314 g/mol. The Kier molecular flexibility index (Phi) is 3.05. The second-order valence-electron chi connectivity index (χ2n) is 2.75. The molecule has 0 fully saturated rings. The highest BCUT2D eigenvalue weighted by Crippen LogP contribution is 2.23. The van der Waals surface area contributed by atoms with Gasteiger partial charge in [0.25, 0.3) is 0 Å². The summed E-state index contributed by atoms with van der Waals surface area (Å²) in [6.07, 6.45) is 1.30. The lowest BCUT2D eigenvalue weighted by Crippen LogP contribution is -1.95. The van der Waals surface area contributed by atoms with E-state index in [0.717, 1.165) is 14.9 Å². The number of methoxy groups -OCH3 is 1. The fraction of sp³-hybridized carbons (Fsp3) is 0.111. The molecule has 0 aliphatic carbocycles. The summed E-state index contributed by atoms with van der Waals surface area (Å²) in [5.74, 6) is 1.26. The minimum atomic E-state index is 0.495. The zero-order valence-electron chi connectivity index (χ0n) is 7.88. The molecule has 0 spiro atoms. The van der Waals surface area contributed by atoms with Gasteiger partial charge >= 0.3 is 0 Å². The normalized spacial score (nSPS) is 10.0. The van der Waals surface area contributed by atoms with Crippen molar-refractivity contribution >= 4 is 22.6 Å². The zero-order valence-corrected chi connectivity index (χ0v) is 10.0. The van der Waals surface area contributed by atoms with Gasteiger partial charge in [-0.25, -0.2) is 0 Å². The average Bonchev–Trinajstić information content (AvgIpc) is 2.29. The molecule has 1 aromatic carbocycles. The first-order chi connectivity index (χ1) is 7.29. The number of rotatable bonds is 2. The number of ether oxygens (including phenoxy) is 1. The Morgan fingerprint density at radius 3 is 2.53 bits per heavy atom. The van der Waals surface area contributed by atoms with Crippen molar-refractivity contribution in [3.63, 3.8) is 0 Å². The first-order valence-corrected chi connectivity index (χ1v) is 5.23. The molecule has 0 amide bonds. The lowest BCUT2D eigenvalue weighted by atomic mass is 10.2. The molecule has 15 heavy (non-hydrogen) atoms. The van der Waals surface area contributed by atoms with Crippen LogP contribution in [0.2, 0.25) is 0 Å². The van der Waals surface area contributed by atoms with Crippen LogP contribution in [0.15, 0.2) is 24.5 Å². The van der Waals surface area contributed by atoms with E-state index in [9.17, 15) is 0 Å². The van der Waals surface area contributed by atoms with Crippen LogP contribution < -0.4 is 4.74 Å². The van der Waals surface area contributed by atoms with Gasteiger partial charge in [0.05, 0.1) is 7.11 Å². The average molecular weight is 314 g/mol. The number of nitrogens with zero attached hydrogens (tertiary/aromatic N) is 4. The van der Waals surface area contributed by atoms with Gasteiger partial charge < -0.3 is 4.74 Å². The maximum Gasteiger partial charge on any atom is 0.203 e. The van der Waals surface area contributed by atoms with Gasteiger partial charge in [-0.05, 0) is 40.8 Å². The third kappa shape index (κ3) is 2.38. The largest absolute Gasteiger partial charge is 0.497 e. The minimum absolute atomic E-state index is 0.495. The SMILES string of the molecule is COc1cc(I)cc(-c2nncnn2)c1. The summed E-state index contributed by atoms with van der Waals surface area (Å²) in [7, 11) is 1.62. The van der Waals surface area contributed by atoms with Crippen LogP contribution in [0.25, 0.3) is 11.4 Å².